The molecule has 1 heterocycles. The first kappa shape index (κ1) is 26.5. The zero-order chi connectivity index (χ0) is 21.8. The number of unbranched alkanes of at least 4 members (excludes halogenated alkanes) is 1. The Bertz CT molecular complexity index is 684. The number of carbonyl (C=O) groups is 3. The van der Waals surface area contributed by atoms with Crippen molar-refractivity contribution in [2.75, 3.05) is 39.3 Å². The highest BCUT2D eigenvalue weighted by Gasteiger charge is 2.27. The molecule has 1 aliphatic rings. The predicted octanol–water partition coefficient (Wildman–Crippen LogP) is 2.13. The standard InChI is InChI=1S/C21H32N4O5.ClH/c1-2-29-21(28)25-14-12-24(13-15-25)19(26)18(22)10-6-7-11-23-20(27)30-16-17-8-4-3-5-9-17;/h3-5,8-9,18H,2,6-7,10-16,22H2,1H3,(H,23,27);1H. The summed E-state index contributed by atoms with van der Waals surface area (Å²) in [5.74, 6) is -0.103. The van der Waals surface area contributed by atoms with Crippen LogP contribution in [-0.4, -0.2) is 73.3 Å². The van der Waals surface area contributed by atoms with Gasteiger partial charge in [-0.3, -0.25) is 4.79 Å². The zero-order valence-corrected chi connectivity index (χ0v) is 18.8. The highest BCUT2D eigenvalue weighted by atomic mass is 35.5. The largest absolute Gasteiger partial charge is 0.450 e. The summed E-state index contributed by atoms with van der Waals surface area (Å²) in [6, 6.07) is 8.89. The summed E-state index contributed by atoms with van der Waals surface area (Å²) in [6.07, 6.45) is 1.16. The first-order chi connectivity index (χ1) is 14.5. The van der Waals surface area contributed by atoms with Gasteiger partial charge in [-0.05, 0) is 31.7 Å². The number of alkyl carbamates (subject to hydrolysis) is 1. The van der Waals surface area contributed by atoms with Crippen molar-refractivity contribution in [2.24, 2.45) is 5.73 Å². The van der Waals surface area contributed by atoms with Crippen LogP contribution >= 0.6 is 12.4 Å². The van der Waals surface area contributed by atoms with Crippen LogP contribution in [0, 0.1) is 0 Å². The Hall–Kier alpha value is -2.52. The van der Waals surface area contributed by atoms with E-state index in [0.717, 1.165) is 5.56 Å². The molecule has 1 aromatic rings. The molecule has 1 aromatic carbocycles. The van der Waals surface area contributed by atoms with E-state index in [4.69, 9.17) is 15.2 Å². The van der Waals surface area contributed by atoms with Gasteiger partial charge in [0.15, 0.2) is 0 Å². The fourth-order valence-corrected chi connectivity index (χ4v) is 3.14. The van der Waals surface area contributed by atoms with Crippen molar-refractivity contribution in [2.45, 2.75) is 38.8 Å². The third-order valence-corrected chi connectivity index (χ3v) is 4.86. The van der Waals surface area contributed by atoms with Crippen LogP contribution in [0.15, 0.2) is 30.3 Å². The maximum Gasteiger partial charge on any atom is 0.409 e. The molecular weight excluding hydrogens is 424 g/mol. The van der Waals surface area contributed by atoms with Crippen molar-refractivity contribution in [1.82, 2.24) is 15.1 Å². The number of rotatable bonds is 9. The van der Waals surface area contributed by atoms with Crippen molar-refractivity contribution in [3.63, 3.8) is 0 Å². The number of hydrogen-bond acceptors (Lipinski definition) is 6. The number of nitrogens with one attached hydrogen (secondary N) is 1. The van der Waals surface area contributed by atoms with Gasteiger partial charge in [-0.25, -0.2) is 9.59 Å². The minimum atomic E-state index is -0.579. The molecule has 9 nitrogen and oxygen atoms in total. The van der Waals surface area contributed by atoms with Gasteiger partial charge in [0.2, 0.25) is 5.91 Å². The van der Waals surface area contributed by atoms with Crippen LogP contribution in [0.2, 0.25) is 0 Å². The number of benzene rings is 1. The summed E-state index contributed by atoms with van der Waals surface area (Å²) >= 11 is 0. The topological polar surface area (TPSA) is 114 Å². The van der Waals surface area contributed by atoms with Crippen LogP contribution in [-0.2, 0) is 20.9 Å². The molecule has 1 atom stereocenters. The van der Waals surface area contributed by atoms with Crippen molar-refractivity contribution in [3.8, 4) is 0 Å². The molecule has 1 unspecified atom stereocenters. The SMILES string of the molecule is CCOC(=O)N1CCN(C(=O)C(N)CCCCNC(=O)OCc2ccccc2)CC1.Cl. The Morgan fingerprint density at radius 3 is 2.32 bits per heavy atom. The first-order valence-corrected chi connectivity index (χ1v) is 10.4. The Morgan fingerprint density at radius 1 is 1.03 bits per heavy atom. The van der Waals surface area contributed by atoms with E-state index in [1.165, 1.54) is 0 Å². The van der Waals surface area contributed by atoms with Crippen molar-refractivity contribution >= 4 is 30.5 Å². The molecule has 0 aliphatic carbocycles. The van der Waals surface area contributed by atoms with Gasteiger partial charge in [-0.1, -0.05) is 30.3 Å². The summed E-state index contributed by atoms with van der Waals surface area (Å²) in [5.41, 5.74) is 6.97. The quantitative estimate of drug-likeness (QED) is 0.550. The lowest BCUT2D eigenvalue weighted by Crippen LogP contribution is -2.54. The molecule has 1 saturated heterocycles. The zero-order valence-electron chi connectivity index (χ0n) is 18.0. The van der Waals surface area contributed by atoms with Crippen molar-refractivity contribution in [1.29, 1.82) is 0 Å². The van der Waals surface area contributed by atoms with Gasteiger partial charge in [-0.15, -0.1) is 12.4 Å². The fraction of sp³-hybridized carbons (Fsp3) is 0.571. The van der Waals surface area contributed by atoms with Gasteiger partial charge >= 0.3 is 12.2 Å². The fourth-order valence-electron chi connectivity index (χ4n) is 3.14. The smallest absolute Gasteiger partial charge is 0.409 e. The van der Waals surface area contributed by atoms with E-state index < -0.39 is 12.1 Å². The number of nitrogens with zero attached hydrogens (tertiary/aromatic N) is 2. The highest BCUT2D eigenvalue weighted by Crippen LogP contribution is 2.08. The van der Waals surface area contributed by atoms with Gasteiger partial charge in [0.05, 0.1) is 12.6 Å². The number of amides is 3. The maximum atomic E-state index is 12.5. The van der Waals surface area contributed by atoms with Gasteiger partial charge in [0, 0.05) is 32.7 Å². The molecule has 3 amide bonds. The van der Waals surface area contributed by atoms with E-state index in [0.29, 0.717) is 58.6 Å². The average molecular weight is 457 g/mol. The van der Waals surface area contributed by atoms with E-state index in [9.17, 15) is 14.4 Å². The third kappa shape index (κ3) is 9.44. The van der Waals surface area contributed by atoms with Crippen LogP contribution in [0.4, 0.5) is 9.59 Å². The van der Waals surface area contributed by atoms with E-state index >= 15 is 0 Å². The molecule has 174 valence electrons. The first-order valence-electron chi connectivity index (χ1n) is 10.4. The second kappa shape index (κ2) is 14.5. The normalized spacial score (nSPS) is 14.3. The second-order valence-corrected chi connectivity index (χ2v) is 7.10. The van der Waals surface area contributed by atoms with Crippen molar-refractivity contribution < 1.29 is 23.9 Å². The molecule has 1 aliphatic heterocycles. The summed E-state index contributed by atoms with van der Waals surface area (Å²) < 4.78 is 10.1. The summed E-state index contributed by atoms with van der Waals surface area (Å²) in [7, 11) is 0. The molecule has 31 heavy (non-hydrogen) atoms. The van der Waals surface area contributed by atoms with E-state index in [2.05, 4.69) is 5.32 Å². The Kier molecular flexibility index (Phi) is 12.4. The maximum absolute atomic E-state index is 12.5. The average Bonchev–Trinajstić information content (AvgIpc) is 2.77. The lowest BCUT2D eigenvalue weighted by atomic mass is 10.1. The molecule has 0 aromatic heterocycles. The number of ether oxygens (including phenoxy) is 2. The lowest BCUT2D eigenvalue weighted by Gasteiger charge is -2.35. The number of piperazine rings is 1. The lowest BCUT2D eigenvalue weighted by molar-refractivity contribution is -0.134. The molecule has 0 radical (unpaired) electrons. The Morgan fingerprint density at radius 2 is 1.68 bits per heavy atom. The molecule has 10 heteroatoms. The van der Waals surface area contributed by atoms with Gasteiger partial charge in [0.25, 0.3) is 0 Å². The molecule has 0 bridgehead atoms. The van der Waals surface area contributed by atoms with Gasteiger partial charge in [0.1, 0.15) is 6.61 Å². The number of nitrogens with two attached hydrogens (primary N) is 1. The van der Waals surface area contributed by atoms with Crippen molar-refractivity contribution in [3.05, 3.63) is 35.9 Å². The van der Waals surface area contributed by atoms with Gasteiger partial charge < -0.3 is 30.3 Å². The Balaban J connectivity index is 0.00000480. The summed E-state index contributed by atoms with van der Waals surface area (Å²) in [6.45, 7) is 4.61. The van der Waals surface area contributed by atoms with E-state index in [1.807, 2.05) is 30.3 Å². The molecular formula is C21H33ClN4O5. The summed E-state index contributed by atoms with van der Waals surface area (Å²) in [4.78, 5) is 39.2. The summed E-state index contributed by atoms with van der Waals surface area (Å²) in [5, 5.41) is 2.70. The number of hydrogen-bond donors (Lipinski definition) is 2. The molecule has 2 rings (SSSR count). The number of halogens is 1. The second-order valence-electron chi connectivity index (χ2n) is 7.10. The predicted molar refractivity (Wildman–Crippen MR) is 119 cm³/mol. The molecule has 3 N–H and O–H groups in total. The van der Waals surface area contributed by atoms with E-state index in [-0.39, 0.29) is 31.0 Å². The third-order valence-electron chi connectivity index (χ3n) is 4.86. The van der Waals surface area contributed by atoms with E-state index in [1.54, 1.807) is 16.7 Å². The molecule has 0 saturated carbocycles. The number of carbonyl (C=O) groups excluding carboxylic acids is 3. The highest BCUT2D eigenvalue weighted by molar-refractivity contribution is 5.85. The van der Waals surface area contributed by atoms with Crippen LogP contribution in [0.5, 0.6) is 0 Å². The van der Waals surface area contributed by atoms with Crippen LogP contribution in [0.1, 0.15) is 31.7 Å². The Labute approximate surface area is 189 Å². The van der Waals surface area contributed by atoms with Gasteiger partial charge in [-0.2, -0.15) is 0 Å². The van der Waals surface area contributed by atoms with Crippen LogP contribution < -0.4 is 11.1 Å². The molecule has 1 fully saturated rings. The molecule has 0 spiro atoms. The monoisotopic (exact) mass is 456 g/mol. The minimum Gasteiger partial charge on any atom is -0.450 e. The minimum absolute atomic E-state index is 0. The van der Waals surface area contributed by atoms with Crippen LogP contribution in [0.25, 0.3) is 0 Å². The van der Waals surface area contributed by atoms with Crippen LogP contribution in [0.3, 0.4) is 0 Å².